The zero-order valence-corrected chi connectivity index (χ0v) is 16.8. The Bertz CT molecular complexity index is 722. The first-order valence-corrected chi connectivity index (χ1v) is 9.26. The molecule has 7 nitrogen and oxygen atoms in total. The predicted octanol–water partition coefficient (Wildman–Crippen LogP) is 2.57. The SMILES string of the molecule is CCOC(=O)N1CCN(C(=O)C(C)(C)C(=O)Nc2ccc(C)cc2C)CC1. The molecule has 2 rings (SSSR count). The van der Waals surface area contributed by atoms with Crippen LogP contribution in [0.5, 0.6) is 0 Å². The van der Waals surface area contributed by atoms with Gasteiger partial charge in [-0.25, -0.2) is 4.79 Å². The number of nitrogens with one attached hydrogen (secondary N) is 1. The highest BCUT2D eigenvalue weighted by Crippen LogP contribution is 2.24. The number of amides is 3. The summed E-state index contributed by atoms with van der Waals surface area (Å²) in [7, 11) is 0. The van der Waals surface area contributed by atoms with Gasteiger partial charge >= 0.3 is 6.09 Å². The molecule has 3 amide bonds. The summed E-state index contributed by atoms with van der Waals surface area (Å²) in [5, 5.41) is 2.87. The maximum Gasteiger partial charge on any atom is 0.409 e. The largest absolute Gasteiger partial charge is 0.450 e. The van der Waals surface area contributed by atoms with Gasteiger partial charge in [0.1, 0.15) is 5.41 Å². The Hall–Kier alpha value is -2.57. The van der Waals surface area contributed by atoms with Crippen molar-refractivity contribution in [1.29, 1.82) is 0 Å². The van der Waals surface area contributed by atoms with Crippen molar-refractivity contribution in [2.45, 2.75) is 34.6 Å². The van der Waals surface area contributed by atoms with Gasteiger partial charge in [0.15, 0.2) is 0 Å². The van der Waals surface area contributed by atoms with Crippen LogP contribution in [-0.2, 0) is 14.3 Å². The third-order valence-electron chi connectivity index (χ3n) is 4.83. The Morgan fingerprint density at radius 2 is 1.67 bits per heavy atom. The number of anilines is 1. The first-order valence-electron chi connectivity index (χ1n) is 9.26. The summed E-state index contributed by atoms with van der Waals surface area (Å²) < 4.78 is 4.99. The first-order chi connectivity index (χ1) is 12.7. The number of hydrogen-bond donors (Lipinski definition) is 1. The van der Waals surface area contributed by atoms with E-state index in [4.69, 9.17) is 4.74 Å². The maximum atomic E-state index is 12.9. The number of piperazine rings is 1. The quantitative estimate of drug-likeness (QED) is 0.821. The molecule has 0 unspecified atom stereocenters. The average Bonchev–Trinajstić information content (AvgIpc) is 2.63. The Morgan fingerprint density at radius 3 is 2.22 bits per heavy atom. The average molecular weight is 375 g/mol. The summed E-state index contributed by atoms with van der Waals surface area (Å²) in [6.07, 6.45) is -0.364. The van der Waals surface area contributed by atoms with Crippen LogP contribution in [0.4, 0.5) is 10.5 Å². The molecule has 1 fully saturated rings. The van der Waals surface area contributed by atoms with Crippen LogP contribution in [0.15, 0.2) is 18.2 Å². The lowest BCUT2D eigenvalue weighted by molar-refractivity contribution is -0.147. The molecule has 7 heteroatoms. The second kappa shape index (κ2) is 8.41. The van der Waals surface area contributed by atoms with Crippen molar-refractivity contribution < 1.29 is 19.1 Å². The van der Waals surface area contributed by atoms with Crippen LogP contribution in [0.3, 0.4) is 0 Å². The van der Waals surface area contributed by atoms with Crippen LogP contribution in [0.2, 0.25) is 0 Å². The number of nitrogens with zero attached hydrogens (tertiary/aromatic N) is 2. The molecule has 0 spiro atoms. The fraction of sp³-hybridized carbons (Fsp3) is 0.550. The molecule has 0 saturated carbocycles. The Balaban J connectivity index is 2.00. The fourth-order valence-electron chi connectivity index (χ4n) is 3.03. The van der Waals surface area contributed by atoms with Crippen LogP contribution < -0.4 is 5.32 Å². The lowest BCUT2D eigenvalue weighted by atomic mass is 9.89. The van der Waals surface area contributed by atoms with E-state index in [1.165, 1.54) is 0 Å². The monoisotopic (exact) mass is 375 g/mol. The van der Waals surface area contributed by atoms with Gasteiger partial charge in [-0.3, -0.25) is 9.59 Å². The Kier molecular flexibility index (Phi) is 6.46. The maximum absolute atomic E-state index is 12.9. The van der Waals surface area contributed by atoms with Gasteiger partial charge in [0, 0.05) is 31.9 Å². The number of aryl methyl sites for hydroxylation is 2. The molecule has 0 bridgehead atoms. The molecule has 0 radical (unpaired) electrons. The molecular formula is C20H29N3O4. The van der Waals surface area contributed by atoms with Crippen LogP contribution in [-0.4, -0.2) is 60.5 Å². The van der Waals surface area contributed by atoms with Crippen molar-refractivity contribution in [3.05, 3.63) is 29.3 Å². The highest BCUT2D eigenvalue weighted by atomic mass is 16.6. The first kappa shape index (κ1) is 20.7. The number of rotatable bonds is 4. The Labute approximate surface area is 160 Å². The summed E-state index contributed by atoms with van der Waals surface area (Å²) in [5.41, 5.74) is 1.57. The molecule has 1 heterocycles. The fourth-order valence-corrected chi connectivity index (χ4v) is 3.03. The normalized spacial score (nSPS) is 14.7. The van der Waals surface area contributed by atoms with Crippen molar-refractivity contribution in [2.75, 3.05) is 38.1 Å². The minimum Gasteiger partial charge on any atom is -0.450 e. The van der Waals surface area contributed by atoms with E-state index in [-0.39, 0.29) is 17.9 Å². The number of ether oxygens (including phenoxy) is 1. The highest BCUT2D eigenvalue weighted by Gasteiger charge is 2.40. The zero-order chi connectivity index (χ0) is 20.2. The standard InChI is InChI=1S/C20H29N3O4/c1-6-27-19(26)23-11-9-22(10-12-23)18(25)20(4,5)17(24)21-16-8-7-14(2)13-15(16)3/h7-8,13H,6,9-12H2,1-5H3,(H,21,24). The highest BCUT2D eigenvalue weighted by molar-refractivity contribution is 6.10. The van der Waals surface area contributed by atoms with E-state index >= 15 is 0 Å². The molecule has 1 N–H and O–H groups in total. The molecular weight excluding hydrogens is 346 g/mol. The molecule has 1 aliphatic rings. The van der Waals surface area contributed by atoms with Crippen molar-refractivity contribution in [1.82, 2.24) is 9.80 Å². The van der Waals surface area contributed by atoms with Gasteiger partial charge in [-0.05, 0) is 46.2 Å². The summed E-state index contributed by atoms with van der Waals surface area (Å²) >= 11 is 0. The second-order valence-corrected chi connectivity index (χ2v) is 7.38. The second-order valence-electron chi connectivity index (χ2n) is 7.38. The topological polar surface area (TPSA) is 79.0 Å². The van der Waals surface area contributed by atoms with Crippen molar-refractivity contribution in [3.63, 3.8) is 0 Å². The van der Waals surface area contributed by atoms with Gasteiger partial charge < -0.3 is 19.9 Å². The van der Waals surface area contributed by atoms with E-state index in [2.05, 4.69) is 5.32 Å². The predicted molar refractivity (Wildman–Crippen MR) is 104 cm³/mol. The summed E-state index contributed by atoms with van der Waals surface area (Å²) in [5.74, 6) is -0.583. The lowest BCUT2D eigenvalue weighted by Crippen LogP contribution is -2.55. The number of carbonyl (C=O) groups is 3. The van der Waals surface area contributed by atoms with Crippen LogP contribution in [0, 0.1) is 19.3 Å². The summed E-state index contributed by atoms with van der Waals surface area (Å²) in [6, 6.07) is 5.76. The van der Waals surface area contributed by atoms with Crippen LogP contribution >= 0.6 is 0 Å². The van der Waals surface area contributed by atoms with E-state index in [0.717, 1.165) is 11.1 Å². The zero-order valence-electron chi connectivity index (χ0n) is 16.8. The molecule has 1 aromatic rings. The van der Waals surface area contributed by atoms with Crippen molar-refractivity contribution in [3.8, 4) is 0 Å². The van der Waals surface area contributed by atoms with E-state index < -0.39 is 5.41 Å². The molecule has 148 valence electrons. The molecule has 0 aliphatic carbocycles. The molecule has 1 saturated heterocycles. The third kappa shape index (κ3) is 4.78. The molecule has 1 aromatic carbocycles. The molecule has 1 aliphatic heterocycles. The van der Waals surface area contributed by atoms with Crippen LogP contribution in [0.1, 0.15) is 31.9 Å². The van der Waals surface area contributed by atoms with Gasteiger partial charge in [0.2, 0.25) is 11.8 Å². The minimum absolute atomic E-state index is 0.242. The third-order valence-corrected chi connectivity index (χ3v) is 4.83. The summed E-state index contributed by atoms with van der Waals surface area (Å²) in [6.45, 7) is 10.8. The van der Waals surface area contributed by atoms with E-state index in [0.29, 0.717) is 38.5 Å². The van der Waals surface area contributed by atoms with Gasteiger partial charge in [-0.15, -0.1) is 0 Å². The molecule has 0 atom stereocenters. The van der Waals surface area contributed by atoms with E-state index in [1.54, 1.807) is 30.6 Å². The lowest BCUT2D eigenvalue weighted by Gasteiger charge is -2.37. The van der Waals surface area contributed by atoms with E-state index in [9.17, 15) is 14.4 Å². The minimum atomic E-state index is -1.20. The smallest absolute Gasteiger partial charge is 0.409 e. The number of carbonyl (C=O) groups excluding carboxylic acids is 3. The Morgan fingerprint density at radius 1 is 1.07 bits per heavy atom. The van der Waals surface area contributed by atoms with Crippen molar-refractivity contribution >= 4 is 23.6 Å². The molecule has 27 heavy (non-hydrogen) atoms. The molecule has 0 aromatic heterocycles. The summed E-state index contributed by atoms with van der Waals surface area (Å²) in [4.78, 5) is 40.7. The van der Waals surface area contributed by atoms with E-state index in [1.807, 2.05) is 32.0 Å². The number of benzene rings is 1. The number of hydrogen-bond acceptors (Lipinski definition) is 4. The van der Waals surface area contributed by atoms with Gasteiger partial charge in [-0.1, -0.05) is 17.7 Å². The van der Waals surface area contributed by atoms with Crippen LogP contribution in [0.25, 0.3) is 0 Å². The van der Waals surface area contributed by atoms with Crippen molar-refractivity contribution in [2.24, 2.45) is 5.41 Å². The van der Waals surface area contributed by atoms with Gasteiger partial charge in [0.25, 0.3) is 0 Å². The van der Waals surface area contributed by atoms with Gasteiger partial charge in [0.05, 0.1) is 6.61 Å². The van der Waals surface area contributed by atoms with Gasteiger partial charge in [-0.2, -0.15) is 0 Å².